The summed E-state index contributed by atoms with van der Waals surface area (Å²) in [4.78, 5) is 35.8. The fraction of sp³-hybridized carbons (Fsp3) is 0.217. The highest BCUT2D eigenvalue weighted by Crippen LogP contribution is 2.20. The number of rotatable bonds is 8. The minimum Gasteiger partial charge on any atom is -0.450 e. The molecule has 0 aliphatic carbocycles. The third kappa shape index (κ3) is 6.26. The van der Waals surface area contributed by atoms with Crippen LogP contribution in [0.25, 0.3) is 11.3 Å². The summed E-state index contributed by atoms with van der Waals surface area (Å²) < 4.78 is 6.23. The topological polar surface area (TPSA) is 128 Å². The molecule has 0 unspecified atom stereocenters. The number of nitrogens with zero attached hydrogens (tertiary/aromatic N) is 2. The van der Waals surface area contributed by atoms with Gasteiger partial charge in [0.2, 0.25) is 5.91 Å². The standard InChI is InChI=1S/C23H25N5O4/c1-2-32-23(31)26-18-7-3-5-16(13-18)15-28-22(30)10-9-20(27-28)17-6-4-8-19(14-17)25-21(29)11-12-24/h3-10,13-14H,2,11-12,15,24H2,1H3,(H,25,29)(H,26,31). The van der Waals surface area contributed by atoms with Crippen molar-refractivity contribution < 1.29 is 14.3 Å². The Hall–Kier alpha value is -3.98. The van der Waals surface area contributed by atoms with Gasteiger partial charge in [-0.2, -0.15) is 5.10 Å². The van der Waals surface area contributed by atoms with E-state index in [0.29, 0.717) is 17.1 Å². The SMILES string of the molecule is CCOC(=O)Nc1cccc(Cn2nc(-c3cccc(NC(=O)CCN)c3)ccc2=O)c1. The second kappa shape index (κ2) is 10.9. The van der Waals surface area contributed by atoms with Crippen LogP contribution in [0.4, 0.5) is 16.2 Å². The fourth-order valence-electron chi connectivity index (χ4n) is 3.03. The molecule has 0 spiro atoms. The van der Waals surface area contributed by atoms with E-state index in [0.717, 1.165) is 11.1 Å². The summed E-state index contributed by atoms with van der Waals surface area (Å²) in [6, 6.07) is 17.4. The van der Waals surface area contributed by atoms with Crippen molar-refractivity contribution in [2.45, 2.75) is 19.9 Å². The van der Waals surface area contributed by atoms with Crippen molar-refractivity contribution >= 4 is 23.4 Å². The maximum atomic E-state index is 12.4. The monoisotopic (exact) mass is 435 g/mol. The van der Waals surface area contributed by atoms with Gasteiger partial charge in [-0.25, -0.2) is 9.48 Å². The van der Waals surface area contributed by atoms with Crippen molar-refractivity contribution in [1.29, 1.82) is 0 Å². The molecule has 0 saturated heterocycles. The van der Waals surface area contributed by atoms with Crippen molar-refractivity contribution in [2.24, 2.45) is 5.73 Å². The first-order valence-electron chi connectivity index (χ1n) is 10.2. The maximum Gasteiger partial charge on any atom is 0.411 e. The van der Waals surface area contributed by atoms with E-state index in [-0.39, 0.29) is 37.6 Å². The molecule has 3 aromatic rings. The van der Waals surface area contributed by atoms with E-state index in [9.17, 15) is 14.4 Å². The van der Waals surface area contributed by atoms with Crippen molar-refractivity contribution in [3.8, 4) is 11.3 Å². The Kier molecular flexibility index (Phi) is 7.71. The van der Waals surface area contributed by atoms with Crippen LogP contribution in [0.3, 0.4) is 0 Å². The number of carbonyl (C=O) groups excluding carboxylic acids is 2. The quantitative estimate of drug-likeness (QED) is 0.499. The van der Waals surface area contributed by atoms with Gasteiger partial charge in [-0.15, -0.1) is 0 Å². The van der Waals surface area contributed by atoms with E-state index in [1.807, 2.05) is 12.1 Å². The molecule has 3 rings (SSSR count). The summed E-state index contributed by atoms with van der Waals surface area (Å²) in [5, 5.41) is 9.90. The number of nitrogens with two attached hydrogens (primary N) is 1. The number of aromatic nitrogens is 2. The maximum absolute atomic E-state index is 12.4. The zero-order chi connectivity index (χ0) is 22.9. The van der Waals surface area contributed by atoms with Gasteiger partial charge < -0.3 is 15.8 Å². The Morgan fingerprint density at radius 1 is 1.03 bits per heavy atom. The van der Waals surface area contributed by atoms with Crippen molar-refractivity contribution in [1.82, 2.24) is 9.78 Å². The molecule has 0 aliphatic heterocycles. The molecule has 0 atom stereocenters. The van der Waals surface area contributed by atoms with E-state index in [1.54, 1.807) is 49.4 Å². The van der Waals surface area contributed by atoms with Crippen LogP contribution in [0.5, 0.6) is 0 Å². The fourth-order valence-corrected chi connectivity index (χ4v) is 3.03. The average molecular weight is 435 g/mol. The normalized spacial score (nSPS) is 10.4. The van der Waals surface area contributed by atoms with Gasteiger partial charge in [0.1, 0.15) is 0 Å². The number of carbonyl (C=O) groups is 2. The average Bonchev–Trinajstić information content (AvgIpc) is 2.76. The highest BCUT2D eigenvalue weighted by atomic mass is 16.5. The molecule has 9 heteroatoms. The second-order valence-electron chi connectivity index (χ2n) is 6.93. The lowest BCUT2D eigenvalue weighted by Gasteiger charge is -2.10. The second-order valence-corrected chi connectivity index (χ2v) is 6.93. The van der Waals surface area contributed by atoms with Crippen LogP contribution in [-0.2, 0) is 16.1 Å². The van der Waals surface area contributed by atoms with Gasteiger partial charge in [0.15, 0.2) is 0 Å². The summed E-state index contributed by atoms with van der Waals surface area (Å²) in [6.07, 6.45) is -0.308. The third-order valence-electron chi connectivity index (χ3n) is 4.46. The molecule has 0 radical (unpaired) electrons. The van der Waals surface area contributed by atoms with Crippen LogP contribution in [-0.4, -0.2) is 34.9 Å². The van der Waals surface area contributed by atoms with Gasteiger partial charge in [-0.1, -0.05) is 24.3 Å². The number of ether oxygens (including phenoxy) is 1. The van der Waals surface area contributed by atoms with Crippen molar-refractivity contribution in [3.05, 3.63) is 76.6 Å². The Morgan fingerprint density at radius 3 is 2.53 bits per heavy atom. The molecule has 0 aliphatic rings. The number of anilines is 2. The number of hydrogen-bond donors (Lipinski definition) is 3. The predicted octanol–water partition coefficient (Wildman–Crippen LogP) is 2.81. The third-order valence-corrected chi connectivity index (χ3v) is 4.46. The minimum absolute atomic E-state index is 0.168. The highest BCUT2D eigenvalue weighted by Gasteiger charge is 2.08. The lowest BCUT2D eigenvalue weighted by molar-refractivity contribution is -0.116. The smallest absolute Gasteiger partial charge is 0.411 e. The predicted molar refractivity (Wildman–Crippen MR) is 122 cm³/mol. The van der Waals surface area contributed by atoms with Crippen LogP contribution in [0, 0.1) is 0 Å². The van der Waals surface area contributed by atoms with E-state index < -0.39 is 6.09 Å². The highest BCUT2D eigenvalue weighted by molar-refractivity contribution is 5.91. The molecule has 2 aromatic carbocycles. The first kappa shape index (κ1) is 22.7. The molecule has 9 nitrogen and oxygen atoms in total. The summed E-state index contributed by atoms with van der Waals surface area (Å²) in [7, 11) is 0. The van der Waals surface area contributed by atoms with Gasteiger partial charge >= 0.3 is 6.09 Å². The first-order valence-corrected chi connectivity index (χ1v) is 10.2. The zero-order valence-corrected chi connectivity index (χ0v) is 17.7. The molecule has 1 heterocycles. The van der Waals surface area contributed by atoms with E-state index in [2.05, 4.69) is 15.7 Å². The lowest BCUT2D eigenvalue weighted by Crippen LogP contribution is -2.23. The van der Waals surface area contributed by atoms with Gasteiger partial charge in [-0.3, -0.25) is 14.9 Å². The summed E-state index contributed by atoms with van der Waals surface area (Å²) in [6.45, 7) is 2.49. The molecule has 0 fully saturated rings. The van der Waals surface area contributed by atoms with E-state index >= 15 is 0 Å². The Labute approximate surface area is 185 Å². The Bertz CT molecular complexity index is 1160. The first-order chi connectivity index (χ1) is 15.5. The summed E-state index contributed by atoms with van der Waals surface area (Å²) in [5.41, 5.74) is 8.46. The number of nitrogens with one attached hydrogen (secondary N) is 2. The Balaban J connectivity index is 1.81. The van der Waals surface area contributed by atoms with Gasteiger partial charge in [-0.05, 0) is 42.8 Å². The molecular weight excluding hydrogens is 410 g/mol. The molecule has 0 bridgehead atoms. The number of benzene rings is 2. The Morgan fingerprint density at radius 2 is 1.78 bits per heavy atom. The van der Waals surface area contributed by atoms with Crippen molar-refractivity contribution in [3.63, 3.8) is 0 Å². The van der Waals surface area contributed by atoms with Crippen molar-refractivity contribution in [2.75, 3.05) is 23.8 Å². The van der Waals surface area contributed by atoms with Gasteiger partial charge in [0.25, 0.3) is 5.56 Å². The lowest BCUT2D eigenvalue weighted by atomic mass is 10.1. The molecule has 0 saturated carbocycles. The molecule has 1 aromatic heterocycles. The summed E-state index contributed by atoms with van der Waals surface area (Å²) >= 11 is 0. The molecule has 32 heavy (non-hydrogen) atoms. The van der Waals surface area contributed by atoms with E-state index in [4.69, 9.17) is 10.5 Å². The largest absolute Gasteiger partial charge is 0.450 e. The van der Waals surface area contributed by atoms with Crippen LogP contribution in [0.2, 0.25) is 0 Å². The van der Waals surface area contributed by atoms with E-state index in [1.165, 1.54) is 10.7 Å². The molecule has 2 amide bonds. The van der Waals surface area contributed by atoms with Crippen LogP contribution < -0.4 is 21.9 Å². The number of hydrogen-bond acceptors (Lipinski definition) is 6. The van der Waals surface area contributed by atoms with Crippen LogP contribution in [0.15, 0.2) is 65.5 Å². The minimum atomic E-state index is -0.541. The summed E-state index contributed by atoms with van der Waals surface area (Å²) in [5.74, 6) is -0.168. The van der Waals surface area contributed by atoms with Gasteiger partial charge in [0.05, 0.1) is 18.8 Å². The molecule has 4 N–H and O–H groups in total. The molecular formula is C23H25N5O4. The van der Waals surface area contributed by atoms with Crippen LogP contribution >= 0.6 is 0 Å². The van der Waals surface area contributed by atoms with Gasteiger partial charge in [0, 0.05) is 36.0 Å². The zero-order valence-electron chi connectivity index (χ0n) is 17.7. The molecule has 166 valence electrons. The van der Waals surface area contributed by atoms with Crippen LogP contribution in [0.1, 0.15) is 18.9 Å². The number of amides is 2.